The number of aromatic nitrogens is 1. The monoisotopic (exact) mass is 349 g/mol. The van der Waals surface area contributed by atoms with E-state index in [0.29, 0.717) is 10.1 Å². The molecule has 0 aliphatic heterocycles. The summed E-state index contributed by atoms with van der Waals surface area (Å²) in [6.07, 6.45) is 0. The van der Waals surface area contributed by atoms with Crippen LogP contribution in [0, 0.1) is 0 Å². The van der Waals surface area contributed by atoms with Crippen LogP contribution in [0.25, 0.3) is 10.2 Å². The van der Waals surface area contributed by atoms with Gasteiger partial charge in [-0.05, 0) is 54.7 Å². The minimum Gasteiger partial charge on any atom is -0.332 e. The third-order valence-corrected chi connectivity index (χ3v) is 4.60. The molecule has 1 aromatic heterocycles. The van der Waals surface area contributed by atoms with Crippen LogP contribution in [0.1, 0.15) is 0 Å². The van der Waals surface area contributed by atoms with Crippen LogP contribution >= 0.6 is 35.2 Å². The highest BCUT2D eigenvalue weighted by molar-refractivity contribution is 7.80. The number of hydrogen-bond acceptors (Lipinski definition) is 3. The molecule has 0 spiro atoms. The first-order chi connectivity index (χ1) is 10.5. The maximum atomic E-state index is 11.7. The van der Waals surface area contributed by atoms with Crippen molar-refractivity contribution in [3.05, 3.63) is 57.2 Å². The quantitative estimate of drug-likeness (QED) is 0.685. The van der Waals surface area contributed by atoms with E-state index in [1.165, 1.54) is 11.3 Å². The van der Waals surface area contributed by atoms with Gasteiger partial charge in [0.25, 0.3) is 0 Å². The Morgan fingerprint density at radius 1 is 1.14 bits per heavy atom. The highest BCUT2D eigenvalue weighted by Gasteiger charge is 2.06. The molecule has 0 aliphatic rings. The van der Waals surface area contributed by atoms with Gasteiger partial charge in [0.1, 0.15) is 0 Å². The highest BCUT2D eigenvalue weighted by atomic mass is 35.5. The fraction of sp³-hybridized carbons (Fsp3) is 0.0667. The Kier molecular flexibility index (Phi) is 4.15. The van der Waals surface area contributed by atoms with Crippen LogP contribution in [0.5, 0.6) is 0 Å². The third-order valence-electron chi connectivity index (χ3n) is 3.15. The number of benzene rings is 2. The van der Waals surface area contributed by atoms with Crippen molar-refractivity contribution < 1.29 is 0 Å². The van der Waals surface area contributed by atoms with Crippen molar-refractivity contribution in [2.45, 2.75) is 0 Å². The summed E-state index contributed by atoms with van der Waals surface area (Å²) in [7, 11) is 1.76. The summed E-state index contributed by atoms with van der Waals surface area (Å²) in [5, 5.41) is 7.34. The Labute approximate surface area is 141 Å². The van der Waals surface area contributed by atoms with Crippen LogP contribution < -0.4 is 15.5 Å². The molecule has 0 amide bonds. The van der Waals surface area contributed by atoms with Gasteiger partial charge in [0.2, 0.25) is 0 Å². The molecule has 4 nitrogen and oxygen atoms in total. The fourth-order valence-corrected chi connectivity index (χ4v) is 3.32. The number of anilines is 2. The average Bonchev–Trinajstić information content (AvgIpc) is 2.76. The van der Waals surface area contributed by atoms with Crippen molar-refractivity contribution in [3.8, 4) is 0 Å². The number of thiocarbonyl (C=S) groups is 1. The van der Waals surface area contributed by atoms with Gasteiger partial charge in [-0.2, -0.15) is 0 Å². The summed E-state index contributed by atoms with van der Waals surface area (Å²) < 4.78 is 2.56. The molecule has 0 bridgehead atoms. The van der Waals surface area contributed by atoms with Crippen molar-refractivity contribution in [1.29, 1.82) is 0 Å². The van der Waals surface area contributed by atoms with E-state index in [0.717, 1.165) is 21.6 Å². The van der Waals surface area contributed by atoms with E-state index in [4.69, 9.17) is 23.8 Å². The Hall–Kier alpha value is -1.89. The van der Waals surface area contributed by atoms with Crippen LogP contribution in [-0.2, 0) is 7.05 Å². The predicted octanol–water partition coefficient (Wildman–Crippen LogP) is 4.06. The standard InChI is InChI=1S/C15H12ClN3OS2/c1-19-12-7-6-11(8-13(12)22-15(19)20)18-14(21)17-10-4-2-9(16)3-5-10/h2-8H,1H3,(H2,17,18,21). The zero-order chi connectivity index (χ0) is 15.7. The average molecular weight is 350 g/mol. The van der Waals surface area contributed by atoms with Gasteiger partial charge in [0.05, 0.1) is 10.2 Å². The number of nitrogens with zero attached hydrogens (tertiary/aromatic N) is 1. The molecule has 3 rings (SSSR count). The summed E-state index contributed by atoms with van der Waals surface area (Å²) in [5.74, 6) is 0. The van der Waals surface area contributed by atoms with E-state index in [9.17, 15) is 4.79 Å². The maximum Gasteiger partial charge on any atom is 0.307 e. The Bertz CT molecular complexity index is 899. The number of fused-ring (bicyclic) bond motifs is 1. The summed E-state index contributed by atoms with van der Waals surface area (Å²) >= 11 is 12.3. The lowest BCUT2D eigenvalue weighted by atomic mass is 10.3. The molecule has 0 radical (unpaired) electrons. The third kappa shape index (κ3) is 3.14. The van der Waals surface area contributed by atoms with Crippen molar-refractivity contribution >= 4 is 61.9 Å². The van der Waals surface area contributed by atoms with E-state index in [2.05, 4.69) is 10.6 Å². The predicted molar refractivity (Wildman–Crippen MR) is 98.4 cm³/mol. The Morgan fingerprint density at radius 3 is 2.50 bits per heavy atom. The number of thiazole rings is 1. The molecule has 0 saturated heterocycles. The van der Waals surface area contributed by atoms with E-state index < -0.39 is 0 Å². The second-order valence-electron chi connectivity index (χ2n) is 4.70. The summed E-state index contributed by atoms with van der Waals surface area (Å²) in [6.45, 7) is 0. The minimum absolute atomic E-state index is 0.0222. The topological polar surface area (TPSA) is 46.1 Å². The molecule has 0 atom stereocenters. The zero-order valence-corrected chi connectivity index (χ0v) is 14.0. The molecule has 0 saturated carbocycles. The maximum absolute atomic E-state index is 11.7. The number of halogens is 1. The van der Waals surface area contributed by atoms with E-state index in [1.54, 1.807) is 23.7 Å². The molecule has 22 heavy (non-hydrogen) atoms. The van der Waals surface area contributed by atoms with Gasteiger partial charge >= 0.3 is 4.87 Å². The fourth-order valence-electron chi connectivity index (χ4n) is 2.04. The molecule has 0 aliphatic carbocycles. The highest BCUT2D eigenvalue weighted by Crippen LogP contribution is 2.21. The van der Waals surface area contributed by atoms with Crippen LogP contribution in [0.15, 0.2) is 47.3 Å². The second kappa shape index (κ2) is 6.08. The van der Waals surface area contributed by atoms with Crippen LogP contribution in [0.4, 0.5) is 11.4 Å². The van der Waals surface area contributed by atoms with Crippen molar-refractivity contribution in [1.82, 2.24) is 4.57 Å². The first kappa shape index (κ1) is 15.0. The van der Waals surface area contributed by atoms with Gasteiger partial charge in [-0.15, -0.1) is 0 Å². The number of hydrogen-bond donors (Lipinski definition) is 2. The summed E-state index contributed by atoms with van der Waals surface area (Å²) in [6, 6.07) is 13.0. The Balaban J connectivity index is 1.76. The number of nitrogens with one attached hydrogen (secondary N) is 2. The number of rotatable bonds is 2. The van der Waals surface area contributed by atoms with Crippen molar-refractivity contribution in [2.24, 2.45) is 7.05 Å². The van der Waals surface area contributed by atoms with Gasteiger partial charge in [-0.1, -0.05) is 22.9 Å². The lowest BCUT2D eigenvalue weighted by Gasteiger charge is -2.10. The zero-order valence-electron chi connectivity index (χ0n) is 11.6. The molecule has 3 aromatic rings. The van der Waals surface area contributed by atoms with Crippen LogP contribution in [0.3, 0.4) is 0 Å². The molecule has 0 unspecified atom stereocenters. The van der Waals surface area contributed by atoms with Crippen LogP contribution in [0.2, 0.25) is 5.02 Å². The van der Waals surface area contributed by atoms with Crippen molar-refractivity contribution in [3.63, 3.8) is 0 Å². The molecule has 2 N–H and O–H groups in total. The molecular formula is C15H12ClN3OS2. The van der Waals surface area contributed by atoms with Gasteiger partial charge in [0.15, 0.2) is 5.11 Å². The van der Waals surface area contributed by atoms with Gasteiger partial charge < -0.3 is 15.2 Å². The molecule has 112 valence electrons. The number of aryl methyl sites for hydroxylation is 1. The van der Waals surface area contributed by atoms with E-state index >= 15 is 0 Å². The lowest BCUT2D eigenvalue weighted by Crippen LogP contribution is -2.18. The lowest BCUT2D eigenvalue weighted by molar-refractivity contribution is 0.939. The first-order valence-corrected chi connectivity index (χ1v) is 8.06. The van der Waals surface area contributed by atoms with Gasteiger partial charge in [-0.25, -0.2) is 0 Å². The van der Waals surface area contributed by atoms with E-state index in [1.807, 2.05) is 30.3 Å². The van der Waals surface area contributed by atoms with E-state index in [-0.39, 0.29) is 4.87 Å². The molecule has 2 aromatic carbocycles. The molecule has 7 heteroatoms. The SMILES string of the molecule is Cn1c(=O)sc2cc(NC(=S)Nc3ccc(Cl)cc3)ccc21. The molecule has 1 heterocycles. The smallest absolute Gasteiger partial charge is 0.307 e. The largest absolute Gasteiger partial charge is 0.332 e. The normalized spacial score (nSPS) is 10.6. The van der Waals surface area contributed by atoms with Gasteiger partial charge in [-0.3, -0.25) is 4.79 Å². The summed E-state index contributed by atoms with van der Waals surface area (Å²) in [4.78, 5) is 11.7. The minimum atomic E-state index is 0.0222. The first-order valence-electron chi connectivity index (χ1n) is 6.46. The molecular weight excluding hydrogens is 338 g/mol. The Morgan fingerprint density at radius 2 is 1.77 bits per heavy atom. The summed E-state index contributed by atoms with van der Waals surface area (Å²) in [5.41, 5.74) is 2.60. The van der Waals surface area contributed by atoms with Crippen molar-refractivity contribution in [2.75, 3.05) is 10.6 Å². The second-order valence-corrected chi connectivity index (χ2v) is 6.53. The molecule has 0 fully saturated rings. The van der Waals surface area contributed by atoms with Gasteiger partial charge in [0, 0.05) is 23.4 Å². The van der Waals surface area contributed by atoms with Crippen LogP contribution in [-0.4, -0.2) is 9.68 Å².